The van der Waals surface area contributed by atoms with E-state index in [1.807, 2.05) is 6.92 Å². The van der Waals surface area contributed by atoms with E-state index in [0.29, 0.717) is 0 Å². The van der Waals surface area contributed by atoms with Crippen molar-refractivity contribution < 1.29 is 9.53 Å². The minimum absolute atomic E-state index is 0.0185. The molecule has 0 fully saturated rings. The Labute approximate surface area is 53.7 Å². The summed E-state index contributed by atoms with van der Waals surface area (Å²) >= 11 is 0. The first-order chi connectivity index (χ1) is 4.25. The lowest BCUT2D eigenvalue weighted by molar-refractivity contribution is -0.124. The first-order valence-corrected chi connectivity index (χ1v) is 2.86. The van der Waals surface area contributed by atoms with Crippen LogP contribution in [0.4, 0.5) is 0 Å². The molecule has 3 heteroatoms. The summed E-state index contributed by atoms with van der Waals surface area (Å²) in [6, 6.07) is 0. The summed E-state index contributed by atoms with van der Waals surface area (Å²) in [5, 5.41) is 0. The number of nitrogens with zero attached hydrogens (tertiary/aromatic N) is 1. The Kier molecular flexibility index (Phi) is 1.62. The van der Waals surface area contributed by atoms with Gasteiger partial charge in [0.15, 0.2) is 0 Å². The second-order valence-corrected chi connectivity index (χ2v) is 2.08. The van der Waals surface area contributed by atoms with Gasteiger partial charge in [-0.3, -0.25) is 4.79 Å². The molecule has 1 rings (SSSR count). The van der Waals surface area contributed by atoms with E-state index in [2.05, 4.69) is 4.99 Å². The number of aliphatic imine (C=N–C) groups is 1. The van der Waals surface area contributed by atoms with E-state index in [1.165, 1.54) is 0 Å². The van der Waals surface area contributed by atoms with E-state index < -0.39 is 0 Å². The highest BCUT2D eigenvalue weighted by atomic mass is 16.5. The number of carbonyl (C=O) groups excluding carboxylic acids is 1. The fourth-order valence-corrected chi connectivity index (χ4v) is 0.690. The quantitative estimate of drug-likeness (QED) is 0.533. The van der Waals surface area contributed by atoms with Gasteiger partial charge >= 0.3 is 0 Å². The number of hydrogen-bond donors (Lipinski definition) is 0. The monoisotopic (exact) mass is 127 g/mol. The summed E-state index contributed by atoms with van der Waals surface area (Å²) in [6.45, 7) is 1.85. The van der Waals surface area contributed by atoms with Crippen LogP contribution in [-0.2, 0) is 9.53 Å². The van der Waals surface area contributed by atoms with Gasteiger partial charge in [-0.1, -0.05) is 0 Å². The molecular formula is C6H9NO2. The Morgan fingerprint density at radius 1 is 1.89 bits per heavy atom. The topological polar surface area (TPSA) is 38.7 Å². The molecule has 0 aromatic rings. The summed E-state index contributed by atoms with van der Waals surface area (Å²) in [6.07, 6.45) is 1.60. The fraction of sp³-hybridized carbons (Fsp3) is 0.667. The van der Waals surface area contributed by atoms with Crippen LogP contribution in [0.1, 0.15) is 6.92 Å². The highest BCUT2D eigenvalue weighted by Crippen LogP contribution is 2.13. The van der Waals surface area contributed by atoms with Crippen molar-refractivity contribution in [2.24, 2.45) is 10.9 Å². The third kappa shape index (κ3) is 1.00. The van der Waals surface area contributed by atoms with Crippen molar-refractivity contribution in [3.8, 4) is 0 Å². The van der Waals surface area contributed by atoms with Gasteiger partial charge in [0.1, 0.15) is 5.92 Å². The average Bonchev–Trinajstić information content (AvgIpc) is 1.84. The van der Waals surface area contributed by atoms with Crippen LogP contribution in [-0.4, -0.2) is 25.3 Å². The van der Waals surface area contributed by atoms with Crippen molar-refractivity contribution in [3.05, 3.63) is 0 Å². The predicted octanol–water partition coefficient (Wildman–Crippen LogP) is 0.248. The molecule has 1 heterocycles. The van der Waals surface area contributed by atoms with Crippen molar-refractivity contribution >= 4 is 12.1 Å². The van der Waals surface area contributed by atoms with E-state index in [9.17, 15) is 4.79 Å². The van der Waals surface area contributed by atoms with Crippen molar-refractivity contribution in [1.29, 1.82) is 0 Å². The Morgan fingerprint density at radius 3 is 2.67 bits per heavy atom. The summed E-state index contributed by atoms with van der Waals surface area (Å²) in [4.78, 5) is 14.0. The maximum Gasteiger partial charge on any atom is 0.256 e. The van der Waals surface area contributed by atoms with Crippen molar-refractivity contribution in [3.63, 3.8) is 0 Å². The van der Waals surface area contributed by atoms with Crippen LogP contribution in [0.25, 0.3) is 0 Å². The molecule has 0 aromatic heterocycles. The zero-order chi connectivity index (χ0) is 6.85. The molecule has 0 bridgehead atoms. The van der Waals surface area contributed by atoms with Crippen molar-refractivity contribution in [2.45, 2.75) is 13.0 Å². The van der Waals surface area contributed by atoms with Crippen LogP contribution in [0.3, 0.4) is 0 Å². The maximum absolute atomic E-state index is 10.6. The number of methoxy groups -OCH3 is 1. The number of rotatable bonds is 2. The number of amides is 1. The third-order valence-corrected chi connectivity index (χ3v) is 1.53. The number of ether oxygens (including phenoxy) is 1. The molecule has 50 valence electrons. The highest BCUT2D eigenvalue weighted by molar-refractivity contribution is 6.07. The molecule has 2 atom stereocenters. The maximum atomic E-state index is 10.6. The van der Waals surface area contributed by atoms with Gasteiger partial charge in [-0.05, 0) is 6.92 Å². The molecule has 0 aliphatic carbocycles. The molecule has 0 saturated carbocycles. The first-order valence-electron chi connectivity index (χ1n) is 2.86. The van der Waals surface area contributed by atoms with Gasteiger partial charge in [0.2, 0.25) is 0 Å². The van der Waals surface area contributed by atoms with E-state index in [-0.39, 0.29) is 17.9 Å². The second-order valence-electron chi connectivity index (χ2n) is 2.08. The minimum Gasteiger partial charge on any atom is -0.381 e. The van der Waals surface area contributed by atoms with E-state index in [0.717, 1.165) is 0 Å². The van der Waals surface area contributed by atoms with Crippen LogP contribution >= 0.6 is 0 Å². The lowest BCUT2D eigenvalue weighted by atomic mass is 10.0. The van der Waals surface area contributed by atoms with Gasteiger partial charge in [0.25, 0.3) is 5.91 Å². The SMILES string of the molecule is CO[C@H](C)[C@@H]1C=NC1=O. The minimum atomic E-state index is -0.0880. The molecule has 1 aliphatic heterocycles. The van der Waals surface area contributed by atoms with E-state index >= 15 is 0 Å². The van der Waals surface area contributed by atoms with Crippen LogP contribution in [0.15, 0.2) is 4.99 Å². The van der Waals surface area contributed by atoms with Crippen LogP contribution in [0.5, 0.6) is 0 Å². The molecule has 0 unspecified atom stereocenters. The van der Waals surface area contributed by atoms with Crippen molar-refractivity contribution in [2.75, 3.05) is 7.11 Å². The Hall–Kier alpha value is -0.700. The standard InChI is InChI=1S/C6H9NO2/c1-4(9-2)5-3-7-6(5)8/h3-5H,1-2H3/t4-,5+/m1/s1. The van der Waals surface area contributed by atoms with Gasteiger partial charge in [-0.15, -0.1) is 0 Å². The van der Waals surface area contributed by atoms with E-state index in [1.54, 1.807) is 13.3 Å². The fourth-order valence-electron chi connectivity index (χ4n) is 0.690. The largest absolute Gasteiger partial charge is 0.381 e. The first kappa shape index (κ1) is 6.42. The van der Waals surface area contributed by atoms with Crippen LogP contribution in [0, 0.1) is 5.92 Å². The highest BCUT2D eigenvalue weighted by Gasteiger charge is 2.28. The molecule has 9 heavy (non-hydrogen) atoms. The second kappa shape index (κ2) is 2.27. The van der Waals surface area contributed by atoms with Crippen LogP contribution in [0.2, 0.25) is 0 Å². The summed E-state index contributed by atoms with van der Waals surface area (Å²) in [5.74, 6) is -0.153. The lowest BCUT2D eigenvalue weighted by Gasteiger charge is -2.20. The number of hydrogen-bond acceptors (Lipinski definition) is 2. The van der Waals surface area contributed by atoms with Crippen molar-refractivity contribution in [1.82, 2.24) is 0 Å². The van der Waals surface area contributed by atoms with Gasteiger partial charge in [-0.2, -0.15) is 0 Å². The average molecular weight is 127 g/mol. The summed E-state index contributed by atoms with van der Waals surface area (Å²) < 4.78 is 4.91. The molecule has 0 saturated heterocycles. The van der Waals surface area contributed by atoms with Gasteiger partial charge in [-0.25, -0.2) is 4.99 Å². The number of carbonyl (C=O) groups is 1. The Balaban J connectivity index is 2.46. The van der Waals surface area contributed by atoms with Gasteiger partial charge < -0.3 is 4.74 Å². The predicted molar refractivity (Wildman–Crippen MR) is 33.5 cm³/mol. The summed E-state index contributed by atoms with van der Waals surface area (Å²) in [7, 11) is 1.59. The Bertz CT molecular complexity index is 153. The normalized spacial score (nSPS) is 27.8. The smallest absolute Gasteiger partial charge is 0.256 e. The van der Waals surface area contributed by atoms with Gasteiger partial charge in [0.05, 0.1) is 6.10 Å². The molecule has 3 nitrogen and oxygen atoms in total. The molecule has 1 aliphatic rings. The third-order valence-electron chi connectivity index (χ3n) is 1.53. The zero-order valence-electron chi connectivity index (χ0n) is 5.50. The van der Waals surface area contributed by atoms with E-state index in [4.69, 9.17) is 4.74 Å². The molecule has 0 radical (unpaired) electrons. The molecule has 0 spiro atoms. The van der Waals surface area contributed by atoms with Gasteiger partial charge in [0, 0.05) is 13.3 Å². The lowest BCUT2D eigenvalue weighted by Crippen LogP contribution is -2.34. The summed E-state index contributed by atoms with van der Waals surface area (Å²) in [5.41, 5.74) is 0. The molecular weight excluding hydrogens is 118 g/mol. The molecule has 1 amide bonds. The molecule has 0 aromatic carbocycles. The zero-order valence-corrected chi connectivity index (χ0v) is 5.50. The van der Waals surface area contributed by atoms with Crippen LogP contribution < -0.4 is 0 Å². The molecule has 0 N–H and O–H groups in total. The Morgan fingerprint density at radius 2 is 2.56 bits per heavy atom.